The maximum Gasteiger partial charge on any atom is 0.416 e. The predicted molar refractivity (Wildman–Crippen MR) is 124 cm³/mol. The zero-order chi connectivity index (χ0) is 26.2. The summed E-state index contributed by atoms with van der Waals surface area (Å²) in [5.41, 5.74) is -0.209. The Labute approximate surface area is 206 Å². The van der Waals surface area contributed by atoms with E-state index in [4.69, 9.17) is 11.6 Å². The third-order valence-corrected chi connectivity index (χ3v) is 5.39. The van der Waals surface area contributed by atoms with Gasteiger partial charge < -0.3 is 10.0 Å². The minimum Gasteiger partial charge on any atom is -0.382 e. The number of aromatic nitrogens is 6. The molecule has 0 spiro atoms. The zero-order valence-electron chi connectivity index (χ0n) is 19.0. The molecule has 0 saturated carbocycles. The van der Waals surface area contributed by atoms with Crippen LogP contribution >= 0.6 is 11.6 Å². The number of anilines is 1. The van der Waals surface area contributed by atoms with Crippen molar-refractivity contribution in [1.29, 1.82) is 0 Å². The first-order chi connectivity index (χ1) is 16.9. The molecule has 190 valence electrons. The molecule has 1 atom stereocenters. The van der Waals surface area contributed by atoms with Crippen molar-refractivity contribution in [2.75, 3.05) is 19.0 Å². The van der Waals surface area contributed by atoms with Crippen molar-refractivity contribution in [1.82, 2.24) is 29.1 Å². The maximum absolute atomic E-state index is 13.8. The fourth-order valence-corrected chi connectivity index (χ4v) is 3.54. The van der Waals surface area contributed by atoms with Crippen LogP contribution in [-0.2, 0) is 13.1 Å². The minimum absolute atomic E-state index is 0.0997. The Balaban J connectivity index is 1.77. The van der Waals surface area contributed by atoms with Crippen LogP contribution in [0.2, 0.25) is 5.02 Å². The van der Waals surface area contributed by atoms with Crippen LogP contribution in [-0.4, -0.2) is 60.6 Å². The lowest BCUT2D eigenvalue weighted by molar-refractivity contribution is -0.207. The Morgan fingerprint density at radius 2 is 1.81 bits per heavy atom. The minimum atomic E-state index is -4.94. The second-order valence-electron chi connectivity index (χ2n) is 8.05. The summed E-state index contributed by atoms with van der Waals surface area (Å²) in [4.78, 5) is 19.1. The van der Waals surface area contributed by atoms with Crippen molar-refractivity contribution in [2.45, 2.75) is 25.4 Å². The summed E-state index contributed by atoms with van der Waals surface area (Å²) in [5.74, 6) is -0.153. The van der Waals surface area contributed by atoms with E-state index in [2.05, 4.69) is 15.2 Å². The predicted octanol–water partition coefficient (Wildman–Crippen LogP) is 3.12. The van der Waals surface area contributed by atoms with Crippen LogP contribution in [0.3, 0.4) is 0 Å². The Hall–Kier alpha value is -3.71. The molecule has 1 N–H and O–H groups in total. The highest BCUT2D eigenvalue weighted by Gasteiger charge is 2.39. The largest absolute Gasteiger partial charge is 0.416 e. The van der Waals surface area contributed by atoms with Gasteiger partial charge >= 0.3 is 11.9 Å². The number of benzene rings is 2. The van der Waals surface area contributed by atoms with Crippen molar-refractivity contribution in [3.8, 4) is 17.1 Å². The SMILES string of the molecule is CN(C)c1nc(Cn2nc(-c3ccc(Cl)cc3)n(C[C@H](O)C(F)(F)F)c2=O)nn1-c1cccc(F)c1. The van der Waals surface area contributed by atoms with Gasteiger partial charge in [0, 0.05) is 24.7 Å². The molecule has 4 rings (SSSR count). The number of aliphatic hydroxyl groups excluding tert-OH is 1. The highest BCUT2D eigenvalue weighted by molar-refractivity contribution is 6.30. The third-order valence-electron chi connectivity index (χ3n) is 5.14. The number of hydrogen-bond donors (Lipinski definition) is 1. The van der Waals surface area contributed by atoms with Crippen LogP contribution in [0.15, 0.2) is 53.3 Å². The topological polar surface area (TPSA) is 94.0 Å². The molecule has 2 aromatic heterocycles. The molecular weight excluding hydrogens is 506 g/mol. The van der Waals surface area contributed by atoms with Crippen LogP contribution in [0, 0.1) is 5.82 Å². The first-order valence-electron chi connectivity index (χ1n) is 10.5. The van der Waals surface area contributed by atoms with Gasteiger partial charge in [0.25, 0.3) is 0 Å². The number of nitrogens with zero attached hydrogens (tertiary/aromatic N) is 7. The Kier molecular flexibility index (Phi) is 6.87. The Morgan fingerprint density at radius 3 is 2.42 bits per heavy atom. The average Bonchev–Trinajstić information content (AvgIpc) is 3.36. The van der Waals surface area contributed by atoms with E-state index in [9.17, 15) is 27.5 Å². The fourth-order valence-electron chi connectivity index (χ4n) is 3.41. The smallest absolute Gasteiger partial charge is 0.382 e. The van der Waals surface area contributed by atoms with Crippen molar-refractivity contribution in [3.05, 3.63) is 75.7 Å². The molecule has 0 amide bonds. The molecule has 0 saturated heterocycles. The molecule has 2 heterocycles. The lowest BCUT2D eigenvalue weighted by atomic mass is 10.2. The maximum atomic E-state index is 13.8. The highest BCUT2D eigenvalue weighted by Crippen LogP contribution is 2.24. The standard InChI is InChI=1S/C22H20ClF4N7O2/c1-31(2)20-28-18(29-34(20)16-5-3-4-15(24)10-16)12-33-21(36)32(11-17(35)22(25,26)27)19(30-33)13-6-8-14(23)9-7-13/h3-10,17,35H,11-12H2,1-2H3/t17-/m0/s1. The molecular formula is C22H20ClF4N7O2. The Bertz CT molecular complexity index is 1430. The second kappa shape index (κ2) is 9.74. The molecule has 0 unspecified atom stereocenters. The first-order valence-corrected chi connectivity index (χ1v) is 10.9. The van der Waals surface area contributed by atoms with Gasteiger partial charge in [0.2, 0.25) is 5.95 Å². The number of aliphatic hydroxyl groups is 1. The summed E-state index contributed by atoms with van der Waals surface area (Å²) >= 11 is 5.90. The highest BCUT2D eigenvalue weighted by atomic mass is 35.5. The van der Waals surface area contributed by atoms with E-state index < -0.39 is 30.3 Å². The van der Waals surface area contributed by atoms with Crippen LogP contribution in [0.4, 0.5) is 23.5 Å². The second-order valence-corrected chi connectivity index (χ2v) is 8.49. The van der Waals surface area contributed by atoms with Gasteiger partial charge in [0.05, 0.1) is 12.2 Å². The molecule has 36 heavy (non-hydrogen) atoms. The van der Waals surface area contributed by atoms with Crippen LogP contribution < -0.4 is 10.6 Å². The third kappa shape index (κ3) is 5.26. The first kappa shape index (κ1) is 25.4. The van der Waals surface area contributed by atoms with E-state index in [0.717, 1.165) is 9.25 Å². The summed E-state index contributed by atoms with van der Waals surface area (Å²) in [6.07, 6.45) is -7.73. The quantitative estimate of drug-likeness (QED) is 0.373. The number of rotatable bonds is 7. The van der Waals surface area contributed by atoms with Gasteiger partial charge in [-0.25, -0.2) is 13.9 Å². The Morgan fingerprint density at radius 1 is 1.11 bits per heavy atom. The number of halogens is 5. The van der Waals surface area contributed by atoms with Crippen molar-refractivity contribution in [2.24, 2.45) is 0 Å². The van der Waals surface area contributed by atoms with Gasteiger partial charge in [-0.1, -0.05) is 17.7 Å². The van der Waals surface area contributed by atoms with E-state index in [-0.39, 0.29) is 18.2 Å². The molecule has 0 bridgehead atoms. The summed E-state index contributed by atoms with van der Waals surface area (Å²) in [7, 11) is 3.39. The molecule has 0 fully saturated rings. The molecule has 9 nitrogen and oxygen atoms in total. The summed E-state index contributed by atoms with van der Waals surface area (Å²) in [6.45, 7) is -1.36. The number of alkyl halides is 3. The van der Waals surface area contributed by atoms with Gasteiger partial charge in [0.1, 0.15) is 12.4 Å². The molecule has 0 aliphatic rings. The van der Waals surface area contributed by atoms with E-state index in [1.54, 1.807) is 25.1 Å². The summed E-state index contributed by atoms with van der Waals surface area (Å²) in [6, 6.07) is 11.6. The van der Waals surface area contributed by atoms with Crippen molar-refractivity contribution < 1.29 is 22.7 Å². The van der Waals surface area contributed by atoms with Gasteiger partial charge in [-0.15, -0.1) is 10.2 Å². The van der Waals surface area contributed by atoms with Gasteiger partial charge in [0.15, 0.2) is 17.8 Å². The van der Waals surface area contributed by atoms with Gasteiger partial charge in [-0.05, 0) is 42.5 Å². The summed E-state index contributed by atoms with van der Waals surface area (Å²) < 4.78 is 55.9. The molecule has 14 heteroatoms. The van der Waals surface area contributed by atoms with Crippen LogP contribution in [0.5, 0.6) is 0 Å². The summed E-state index contributed by atoms with van der Waals surface area (Å²) in [5, 5.41) is 18.5. The monoisotopic (exact) mass is 525 g/mol. The van der Waals surface area contributed by atoms with Gasteiger partial charge in [-0.2, -0.15) is 22.8 Å². The fraction of sp³-hybridized carbons (Fsp3) is 0.273. The van der Waals surface area contributed by atoms with E-state index in [0.29, 0.717) is 22.2 Å². The lowest BCUT2D eigenvalue weighted by Crippen LogP contribution is -2.37. The van der Waals surface area contributed by atoms with Crippen LogP contribution in [0.1, 0.15) is 5.82 Å². The van der Waals surface area contributed by atoms with Gasteiger partial charge in [-0.3, -0.25) is 4.57 Å². The molecule has 4 aromatic rings. The molecule has 0 aliphatic carbocycles. The average molecular weight is 526 g/mol. The lowest BCUT2D eigenvalue weighted by Gasteiger charge is -2.15. The normalized spacial score (nSPS) is 12.7. The van der Waals surface area contributed by atoms with Crippen molar-refractivity contribution in [3.63, 3.8) is 0 Å². The van der Waals surface area contributed by atoms with Crippen LogP contribution in [0.25, 0.3) is 17.1 Å². The zero-order valence-corrected chi connectivity index (χ0v) is 19.7. The molecule has 0 radical (unpaired) electrons. The molecule has 0 aliphatic heterocycles. The van der Waals surface area contributed by atoms with E-state index in [1.165, 1.54) is 47.1 Å². The van der Waals surface area contributed by atoms with E-state index >= 15 is 0 Å². The van der Waals surface area contributed by atoms with Crippen molar-refractivity contribution >= 4 is 17.5 Å². The van der Waals surface area contributed by atoms with E-state index in [1.807, 2.05) is 0 Å². The number of hydrogen-bond acceptors (Lipinski definition) is 6. The molecule has 2 aromatic carbocycles.